The van der Waals surface area contributed by atoms with Crippen LogP contribution in [0.1, 0.15) is 40.0 Å². The second-order valence-electron chi connectivity index (χ2n) is 6.64. The van der Waals surface area contributed by atoms with Gasteiger partial charge in [-0.2, -0.15) is 0 Å². The molecular weight excluding hydrogens is 324 g/mol. The van der Waals surface area contributed by atoms with Gasteiger partial charge in [-0.15, -0.1) is 0 Å². The quantitative estimate of drug-likeness (QED) is 0.709. The zero-order valence-corrected chi connectivity index (χ0v) is 13.5. The maximum Gasteiger partial charge on any atom is 0.264 e. The summed E-state index contributed by atoms with van der Waals surface area (Å²) in [4.78, 5) is 52.2. The maximum absolute atomic E-state index is 13.0. The minimum absolute atomic E-state index is 0.0364. The van der Waals surface area contributed by atoms with E-state index in [-0.39, 0.29) is 24.8 Å². The Bertz CT molecular complexity index is 806. The molecule has 1 unspecified atom stereocenters. The fourth-order valence-electron chi connectivity index (χ4n) is 3.77. The van der Waals surface area contributed by atoms with Crippen molar-refractivity contribution in [2.45, 2.75) is 31.3 Å². The summed E-state index contributed by atoms with van der Waals surface area (Å²) in [7, 11) is 0. The zero-order chi connectivity index (χ0) is 17.7. The Labute approximate surface area is 143 Å². The molecule has 0 bridgehead atoms. The lowest BCUT2D eigenvalue weighted by Crippen LogP contribution is -2.54. The minimum Gasteiger partial charge on any atom is -0.369 e. The first-order chi connectivity index (χ1) is 12.0. The number of nitrogens with zero attached hydrogens (tertiary/aromatic N) is 2. The van der Waals surface area contributed by atoms with Crippen molar-refractivity contribution in [2.75, 3.05) is 18.0 Å². The number of fused-ring (bicyclic) bond motifs is 1. The number of anilines is 1. The molecule has 3 heterocycles. The molecule has 2 fully saturated rings. The minimum atomic E-state index is -0.946. The number of nitrogens with two attached hydrogens (primary N) is 1. The molecule has 0 aliphatic carbocycles. The van der Waals surface area contributed by atoms with Gasteiger partial charge < -0.3 is 10.6 Å². The van der Waals surface area contributed by atoms with E-state index in [4.69, 9.17) is 5.73 Å². The molecule has 0 aromatic heterocycles. The molecule has 3 N–H and O–H groups in total. The van der Waals surface area contributed by atoms with Gasteiger partial charge in [0.15, 0.2) is 0 Å². The van der Waals surface area contributed by atoms with Crippen LogP contribution in [0.2, 0.25) is 0 Å². The summed E-state index contributed by atoms with van der Waals surface area (Å²) in [5.41, 5.74) is 7.26. The van der Waals surface area contributed by atoms with E-state index in [0.29, 0.717) is 23.4 Å². The Morgan fingerprint density at radius 3 is 2.56 bits per heavy atom. The molecule has 8 nitrogen and oxygen atoms in total. The molecule has 0 radical (unpaired) electrons. The third-order valence-corrected chi connectivity index (χ3v) is 5.01. The van der Waals surface area contributed by atoms with Gasteiger partial charge in [0.1, 0.15) is 6.04 Å². The Morgan fingerprint density at radius 1 is 1.08 bits per heavy atom. The van der Waals surface area contributed by atoms with Crippen LogP contribution in [-0.4, -0.2) is 53.7 Å². The Hall–Kier alpha value is -2.74. The normalized spacial score (nSPS) is 26.3. The van der Waals surface area contributed by atoms with E-state index in [1.54, 1.807) is 18.2 Å². The lowest BCUT2D eigenvalue weighted by Gasteiger charge is -2.28. The van der Waals surface area contributed by atoms with Crippen LogP contribution in [0.3, 0.4) is 0 Å². The van der Waals surface area contributed by atoms with E-state index in [1.807, 2.05) is 4.90 Å². The third kappa shape index (κ3) is 2.41. The van der Waals surface area contributed by atoms with Crippen molar-refractivity contribution in [3.8, 4) is 0 Å². The number of amides is 4. The Kier molecular flexibility index (Phi) is 3.57. The molecule has 25 heavy (non-hydrogen) atoms. The van der Waals surface area contributed by atoms with Crippen LogP contribution in [-0.2, 0) is 9.59 Å². The Balaban J connectivity index is 1.70. The van der Waals surface area contributed by atoms with Crippen molar-refractivity contribution in [1.82, 2.24) is 10.2 Å². The van der Waals surface area contributed by atoms with E-state index in [1.165, 1.54) is 0 Å². The van der Waals surface area contributed by atoms with Gasteiger partial charge in [-0.25, -0.2) is 0 Å². The molecule has 4 amide bonds. The summed E-state index contributed by atoms with van der Waals surface area (Å²) in [5, 5.41) is 2.20. The predicted molar refractivity (Wildman–Crippen MR) is 87.9 cm³/mol. The molecule has 130 valence electrons. The van der Waals surface area contributed by atoms with E-state index >= 15 is 0 Å². The number of benzene rings is 1. The molecule has 0 spiro atoms. The SMILES string of the molecule is N[C@H]1CCN(c2cccc3c2C(=O)N(C2CCC(=O)NC2=O)C3=O)C1. The lowest BCUT2D eigenvalue weighted by molar-refractivity contribution is -0.136. The second kappa shape index (κ2) is 5.66. The van der Waals surface area contributed by atoms with Gasteiger partial charge in [0.05, 0.1) is 16.8 Å². The average molecular weight is 342 g/mol. The molecule has 2 saturated heterocycles. The molecule has 2 atom stereocenters. The predicted octanol–water partition coefficient (Wildman–Crippen LogP) is -0.375. The molecule has 1 aromatic carbocycles. The van der Waals surface area contributed by atoms with E-state index in [9.17, 15) is 19.2 Å². The maximum atomic E-state index is 13.0. The molecule has 3 aliphatic heterocycles. The van der Waals surface area contributed by atoms with Crippen molar-refractivity contribution in [3.63, 3.8) is 0 Å². The van der Waals surface area contributed by atoms with Gasteiger partial charge in [0.25, 0.3) is 11.8 Å². The van der Waals surface area contributed by atoms with Crippen molar-refractivity contribution in [2.24, 2.45) is 5.73 Å². The number of hydrogen-bond acceptors (Lipinski definition) is 6. The van der Waals surface area contributed by atoms with Crippen molar-refractivity contribution >= 4 is 29.3 Å². The summed E-state index contributed by atoms with van der Waals surface area (Å²) >= 11 is 0. The van der Waals surface area contributed by atoms with Gasteiger partial charge in [-0.05, 0) is 25.0 Å². The fraction of sp³-hybridized carbons (Fsp3) is 0.412. The van der Waals surface area contributed by atoms with Crippen LogP contribution in [0.5, 0.6) is 0 Å². The van der Waals surface area contributed by atoms with Gasteiger partial charge >= 0.3 is 0 Å². The molecule has 4 rings (SSSR count). The summed E-state index contributed by atoms with van der Waals surface area (Å²) in [6.07, 6.45) is 1.08. The molecule has 1 aromatic rings. The van der Waals surface area contributed by atoms with Gasteiger partial charge in [0.2, 0.25) is 11.8 Å². The molecule has 0 saturated carbocycles. The summed E-state index contributed by atoms with van der Waals surface area (Å²) in [5.74, 6) is -1.95. The van der Waals surface area contributed by atoms with E-state index in [2.05, 4.69) is 5.32 Å². The molecule has 8 heteroatoms. The highest BCUT2D eigenvalue weighted by molar-refractivity contribution is 6.25. The largest absolute Gasteiger partial charge is 0.369 e. The second-order valence-corrected chi connectivity index (χ2v) is 6.64. The Morgan fingerprint density at radius 2 is 1.88 bits per heavy atom. The number of piperidine rings is 1. The van der Waals surface area contributed by atoms with Crippen molar-refractivity contribution in [3.05, 3.63) is 29.3 Å². The number of nitrogens with one attached hydrogen (secondary N) is 1. The first-order valence-corrected chi connectivity index (χ1v) is 8.32. The lowest BCUT2D eigenvalue weighted by atomic mass is 10.0. The van der Waals surface area contributed by atoms with Crippen molar-refractivity contribution in [1.29, 1.82) is 0 Å². The summed E-state index contributed by atoms with van der Waals surface area (Å²) in [6.45, 7) is 1.34. The number of imide groups is 2. The first-order valence-electron chi connectivity index (χ1n) is 8.32. The van der Waals surface area contributed by atoms with Gasteiger partial charge in [-0.3, -0.25) is 29.4 Å². The van der Waals surface area contributed by atoms with Crippen LogP contribution < -0.4 is 16.0 Å². The highest BCUT2D eigenvalue weighted by Gasteiger charge is 2.46. The van der Waals surface area contributed by atoms with E-state index < -0.39 is 23.8 Å². The average Bonchev–Trinajstić information content (AvgIpc) is 3.11. The molecular formula is C17H18N4O4. The smallest absolute Gasteiger partial charge is 0.264 e. The summed E-state index contributed by atoms with van der Waals surface area (Å²) < 4.78 is 0. The van der Waals surface area contributed by atoms with E-state index in [0.717, 1.165) is 17.9 Å². The van der Waals surface area contributed by atoms with Gasteiger partial charge in [-0.1, -0.05) is 6.07 Å². The van der Waals surface area contributed by atoms with Crippen LogP contribution in [0.4, 0.5) is 5.69 Å². The van der Waals surface area contributed by atoms with Crippen LogP contribution in [0.25, 0.3) is 0 Å². The van der Waals surface area contributed by atoms with Crippen LogP contribution in [0.15, 0.2) is 18.2 Å². The number of carbonyl (C=O) groups is 4. The molecule has 3 aliphatic rings. The fourth-order valence-corrected chi connectivity index (χ4v) is 3.77. The van der Waals surface area contributed by atoms with Crippen LogP contribution in [0, 0.1) is 0 Å². The number of carbonyl (C=O) groups excluding carboxylic acids is 4. The number of hydrogen-bond donors (Lipinski definition) is 2. The third-order valence-electron chi connectivity index (χ3n) is 5.01. The highest BCUT2D eigenvalue weighted by atomic mass is 16.2. The zero-order valence-electron chi connectivity index (χ0n) is 13.5. The highest BCUT2D eigenvalue weighted by Crippen LogP contribution is 2.35. The monoisotopic (exact) mass is 342 g/mol. The first kappa shape index (κ1) is 15.8. The van der Waals surface area contributed by atoms with Crippen molar-refractivity contribution < 1.29 is 19.2 Å². The van der Waals surface area contributed by atoms with Gasteiger partial charge in [0, 0.05) is 25.6 Å². The summed E-state index contributed by atoms with van der Waals surface area (Å²) in [6, 6.07) is 4.22. The number of rotatable bonds is 2. The van der Waals surface area contributed by atoms with Crippen LogP contribution >= 0.6 is 0 Å². The standard InChI is InChI=1S/C17H18N4O4/c18-9-6-7-20(8-9)11-3-1-2-10-14(11)17(25)21(16(10)24)12-4-5-13(22)19-15(12)23/h1-3,9,12H,4-8,18H2,(H,19,22,23)/t9-,12?/m0/s1. The topological polar surface area (TPSA) is 113 Å².